The molecule has 8 heteroatoms. The molecule has 1 N–H and O–H groups in total. The van der Waals surface area contributed by atoms with E-state index in [1.165, 1.54) is 19.2 Å². The minimum atomic E-state index is -0.494. The number of amides is 1. The molecule has 0 aliphatic rings. The lowest BCUT2D eigenvalue weighted by Gasteiger charge is -2.01. The van der Waals surface area contributed by atoms with Gasteiger partial charge in [0.1, 0.15) is 5.52 Å². The molecule has 7 nitrogen and oxygen atoms in total. The summed E-state index contributed by atoms with van der Waals surface area (Å²) in [7, 11) is 1.42. The highest BCUT2D eigenvalue weighted by molar-refractivity contribution is 7.22. The third-order valence-electron chi connectivity index (χ3n) is 3.41. The lowest BCUT2D eigenvalue weighted by Crippen LogP contribution is -2.11. The first kappa shape index (κ1) is 15.9. The van der Waals surface area contributed by atoms with E-state index in [4.69, 9.17) is 4.74 Å². The number of nitrogens with zero attached hydrogens (tertiary/aromatic N) is 2. The summed E-state index contributed by atoms with van der Waals surface area (Å²) in [5.74, 6) is 0.00816. The number of carbonyl (C=O) groups is 1. The zero-order valence-corrected chi connectivity index (χ0v) is 13.7. The number of nitro benzene ring substituents is 1. The Hall–Kier alpha value is -3.00. The van der Waals surface area contributed by atoms with Gasteiger partial charge in [0.25, 0.3) is 11.6 Å². The van der Waals surface area contributed by atoms with Gasteiger partial charge in [0, 0.05) is 11.6 Å². The molecule has 2 aromatic carbocycles. The quantitative estimate of drug-likeness (QED) is 0.575. The number of anilines is 1. The zero-order valence-electron chi connectivity index (χ0n) is 12.9. The van der Waals surface area contributed by atoms with E-state index in [1.54, 1.807) is 12.1 Å². The number of hydrogen-bond acceptors (Lipinski definition) is 6. The Balaban J connectivity index is 1.94. The maximum atomic E-state index is 12.2. The number of nitro groups is 1. The Morgan fingerprint density at radius 1 is 1.29 bits per heavy atom. The summed E-state index contributed by atoms with van der Waals surface area (Å²) in [6.45, 7) is 1.94. The maximum absolute atomic E-state index is 12.2. The molecule has 0 saturated heterocycles. The normalized spacial score (nSPS) is 10.6. The standard InChI is InChI=1S/C16H13N3O4S/c1-9-3-5-10(6-4-9)15(20)18-16-17-14-12(23-2)7-11(19(21)22)8-13(14)24-16/h3-8H,1-2H3,(H,17,18,20). The van der Waals surface area contributed by atoms with Crippen molar-refractivity contribution in [2.75, 3.05) is 12.4 Å². The van der Waals surface area contributed by atoms with E-state index in [2.05, 4.69) is 10.3 Å². The van der Waals surface area contributed by atoms with Gasteiger partial charge in [-0.15, -0.1) is 0 Å². The number of aromatic nitrogens is 1. The van der Waals surface area contributed by atoms with E-state index in [0.29, 0.717) is 26.7 Å². The Labute approximate surface area is 141 Å². The molecule has 24 heavy (non-hydrogen) atoms. The van der Waals surface area contributed by atoms with Crippen LogP contribution in [-0.4, -0.2) is 22.9 Å². The highest BCUT2D eigenvalue weighted by Crippen LogP contribution is 2.36. The number of ether oxygens (including phenoxy) is 1. The molecule has 0 saturated carbocycles. The van der Waals surface area contributed by atoms with Gasteiger partial charge >= 0.3 is 0 Å². The summed E-state index contributed by atoms with van der Waals surface area (Å²) >= 11 is 1.16. The van der Waals surface area contributed by atoms with Crippen LogP contribution in [0.4, 0.5) is 10.8 Å². The van der Waals surface area contributed by atoms with Gasteiger partial charge in [0.2, 0.25) is 0 Å². The Kier molecular flexibility index (Phi) is 4.13. The molecule has 0 aliphatic heterocycles. The third kappa shape index (κ3) is 3.04. The lowest BCUT2D eigenvalue weighted by atomic mass is 10.1. The number of benzene rings is 2. The van der Waals surface area contributed by atoms with Crippen LogP contribution in [0, 0.1) is 17.0 Å². The van der Waals surface area contributed by atoms with Crippen LogP contribution in [0.5, 0.6) is 5.75 Å². The van der Waals surface area contributed by atoms with Crippen molar-refractivity contribution in [1.82, 2.24) is 4.98 Å². The topological polar surface area (TPSA) is 94.4 Å². The number of carbonyl (C=O) groups excluding carboxylic acids is 1. The first-order valence-corrected chi connectivity index (χ1v) is 7.80. The number of thiazole rings is 1. The summed E-state index contributed by atoms with van der Waals surface area (Å²) in [6.07, 6.45) is 0. The van der Waals surface area contributed by atoms with E-state index in [9.17, 15) is 14.9 Å². The minimum Gasteiger partial charge on any atom is -0.494 e. The predicted molar refractivity (Wildman–Crippen MR) is 92.0 cm³/mol. The van der Waals surface area contributed by atoms with Crippen LogP contribution >= 0.6 is 11.3 Å². The van der Waals surface area contributed by atoms with E-state index in [-0.39, 0.29) is 11.6 Å². The van der Waals surface area contributed by atoms with Gasteiger partial charge in [-0.3, -0.25) is 20.2 Å². The van der Waals surface area contributed by atoms with E-state index in [0.717, 1.165) is 16.9 Å². The van der Waals surface area contributed by atoms with Crippen molar-refractivity contribution in [2.45, 2.75) is 6.92 Å². The molecule has 1 amide bonds. The number of rotatable bonds is 4. The Morgan fingerprint density at radius 2 is 2.00 bits per heavy atom. The van der Waals surface area contributed by atoms with Crippen molar-refractivity contribution in [3.63, 3.8) is 0 Å². The van der Waals surface area contributed by atoms with Crippen LogP contribution < -0.4 is 10.1 Å². The molecule has 0 fully saturated rings. The molecule has 3 rings (SSSR count). The fraction of sp³-hybridized carbons (Fsp3) is 0.125. The largest absolute Gasteiger partial charge is 0.494 e. The van der Waals surface area contributed by atoms with Crippen LogP contribution in [0.2, 0.25) is 0 Å². The molecular weight excluding hydrogens is 330 g/mol. The van der Waals surface area contributed by atoms with Crippen molar-refractivity contribution < 1.29 is 14.5 Å². The number of nitrogens with one attached hydrogen (secondary N) is 1. The van der Waals surface area contributed by atoms with E-state index in [1.807, 2.05) is 19.1 Å². The van der Waals surface area contributed by atoms with Gasteiger partial charge in [0.05, 0.1) is 22.8 Å². The summed E-state index contributed by atoms with van der Waals surface area (Å²) in [6, 6.07) is 9.87. The van der Waals surface area contributed by atoms with Crippen LogP contribution in [-0.2, 0) is 0 Å². The third-order valence-corrected chi connectivity index (χ3v) is 4.33. The number of fused-ring (bicyclic) bond motifs is 1. The first-order valence-electron chi connectivity index (χ1n) is 6.99. The molecule has 0 unspecified atom stereocenters. The summed E-state index contributed by atoms with van der Waals surface area (Å²) < 4.78 is 5.73. The van der Waals surface area contributed by atoms with Crippen LogP contribution in [0.25, 0.3) is 10.2 Å². The summed E-state index contributed by atoms with van der Waals surface area (Å²) in [5.41, 5.74) is 1.97. The monoisotopic (exact) mass is 343 g/mol. The molecular formula is C16H13N3O4S. The van der Waals surface area contributed by atoms with Crippen molar-refractivity contribution in [2.24, 2.45) is 0 Å². The molecule has 0 radical (unpaired) electrons. The fourth-order valence-corrected chi connectivity index (χ4v) is 3.09. The molecule has 1 heterocycles. The van der Waals surface area contributed by atoms with Crippen molar-refractivity contribution in [3.05, 3.63) is 57.6 Å². The van der Waals surface area contributed by atoms with E-state index < -0.39 is 4.92 Å². The van der Waals surface area contributed by atoms with Crippen LogP contribution in [0.1, 0.15) is 15.9 Å². The summed E-state index contributed by atoms with van der Waals surface area (Å²) in [5, 5.41) is 14.0. The van der Waals surface area contributed by atoms with Gasteiger partial charge in [-0.05, 0) is 19.1 Å². The van der Waals surface area contributed by atoms with Gasteiger partial charge in [-0.2, -0.15) is 0 Å². The molecule has 122 valence electrons. The molecule has 0 bridgehead atoms. The van der Waals surface area contributed by atoms with Gasteiger partial charge in [0.15, 0.2) is 10.9 Å². The fourth-order valence-electron chi connectivity index (χ4n) is 2.17. The number of aryl methyl sites for hydroxylation is 1. The highest BCUT2D eigenvalue weighted by atomic mass is 32.1. The first-order chi connectivity index (χ1) is 11.5. The second kappa shape index (κ2) is 6.25. The Bertz CT molecular complexity index is 934. The second-order valence-electron chi connectivity index (χ2n) is 5.09. The van der Waals surface area contributed by atoms with Gasteiger partial charge in [-0.1, -0.05) is 29.0 Å². The predicted octanol–water partition coefficient (Wildman–Crippen LogP) is 3.77. The molecule has 3 aromatic rings. The van der Waals surface area contributed by atoms with Crippen molar-refractivity contribution in [1.29, 1.82) is 0 Å². The molecule has 0 spiro atoms. The Morgan fingerprint density at radius 3 is 2.62 bits per heavy atom. The lowest BCUT2D eigenvalue weighted by molar-refractivity contribution is -0.384. The van der Waals surface area contributed by atoms with Crippen LogP contribution in [0.15, 0.2) is 36.4 Å². The minimum absolute atomic E-state index is 0.0839. The second-order valence-corrected chi connectivity index (χ2v) is 6.12. The summed E-state index contributed by atoms with van der Waals surface area (Å²) in [4.78, 5) is 27.0. The molecule has 0 aliphatic carbocycles. The number of hydrogen-bond donors (Lipinski definition) is 1. The van der Waals surface area contributed by atoms with Crippen LogP contribution in [0.3, 0.4) is 0 Å². The maximum Gasteiger partial charge on any atom is 0.274 e. The molecule has 1 aromatic heterocycles. The number of methoxy groups -OCH3 is 1. The van der Waals surface area contributed by atoms with Gasteiger partial charge < -0.3 is 4.74 Å². The highest BCUT2D eigenvalue weighted by Gasteiger charge is 2.17. The van der Waals surface area contributed by atoms with Gasteiger partial charge in [-0.25, -0.2) is 4.98 Å². The average molecular weight is 343 g/mol. The van der Waals surface area contributed by atoms with E-state index >= 15 is 0 Å². The smallest absolute Gasteiger partial charge is 0.274 e. The average Bonchev–Trinajstić information content (AvgIpc) is 2.96. The zero-order chi connectivity index (χ0) is 17.3. The van der Waals surface area contributed by atoms with Crippen molar-refractivity contribution >= 4 is 38.3 Å². The molecule has 0 atom stereocenters. The SMILES string of the molecule is COc1cc([N+](=O)[O-])cc2sc(NC(=O)c3ccc(C)cc3)nc12. The number of non-ortho nitro benzene ring substituents is 1. The van der Waals surface area contributed by atoms with Crippen molar-refractivity contribution in [3.8, 4) is 5.75 Å².